The van der Waals surface area contributed by atoms with Gasteiger partial charge in [-0.05, 0) is 47.9 Å². The van der Waals surface area contributed by atoms with E-state index in [1.807, 2.05) is 78.9 Å². The number of carbonyl (C=O) groups excluding carboxylic acids is 1. The van der Waals surface area contributed by atoms with Crippen molar-refractivity contribution < 1.29 is 28.8 Å². The summed E-state index contributed by atoms with van der Waals surface area (Å²) in [4.78, 5) is 29.3. The second-order valence-electron chi connectivity index (χ2n) is 11.4. The van der Waals surface area contributed by atoms with Gasteiger partial charge in [-0.1, -0.05) is 68.4 Å². The minimum absolute atomic E-state index is 0.00824. The zero-order valence-corrected chi connectivity index (χ0v) is 26.1. The minimum Gasteiger partial charge on any atom is -0.497 e. The summed E-state index contributed by atoms with van der Waals surface area (Å²) >= 11 is 0. The highest BCUT2D eigenvalue weighted by molar-refractivity contribution is 5.91. The number of aliphatic hydroxyl groups excluding tert-OH is 1. The summed E-state index contributed by atoms with van der Waals surface area (Å²) in [5.74, 6) is 1.12. The van der Waals surface area contributed by atoms with Gasteiger partial charge in [0.15, 0.2) is 0 Å². The number of rotatable bonds is 11. The highest BCUT2D eigenvalue weighted by Gasteiger charge is 2.42. The SMILES string of the molecule is COc1ccc(C(OCC2OC(n3cc(C)c(NC(=O)C(C)C)nc3=O)CC2O)(c2ccccc2)c2ccc(OC)cc2)cc1. The third kappa shape index (κ3) is 6.63. The Morgan fingerprint density at radius 1 is 0.978 bits per heavy atom. The van der Waals surface area contributed by atoms with Crippen LogP contribution in [0.5, 0.6) is 11.5 Å². The Kier molecular flexibility index (Phi) is 9.67. The molecule has 3 unspecified atom stereocenters. The first-order valence-corrected chi connectivity index (χ1v) is 14.9. The lowest BCUT2D eigenvalue weighted by Gasteiger charge is -2.37. The van der Waals surface area contributed by atoms with Crippen LogP contribution in [0.2, 0.25) is 0 Å². The average Bonchev–Trinajstić information content (AvgIpc) is 3.43. The lowest BCUT2D eigenvalue weighted by molar-refractivity contribution is -0.118. The van der Waals surface area contributed by atoms with Crippen LogP contribution in [0.25, 0.3) is 0 Å². The molecule has 0 spiro atoms. The highest BCUT2D eigenvalue weighted by Crippen LogP contribution is 2.42. The molecule has 1 aromatic heterocycles. The fraction of sp³-hybridized carbons (Fsp3) is 0.343. The largest absolute Gasteiger partial charge is 0.497 e. The van der Waals surface area contributed by atoms with Gasteiger partial charge in [0.25, 0.3) is 0 Å². The topological polar surface area (TPSA) is 121 Å². The predicted octanol–water partition coefficient (Wildman–Crippen LogP) is 4.82. The van der Waals surface area contributed by atoms with Crippen molar-refractivity contribution in [2.45, 2.75) is 51.2 Å². The third-order valence-electron chi connectivity index (χ3n) is 8.05. The van der Waals surface area contributed by atoms with Crippen LogP contribution in [-0.2, 0) is 19.9 Å². The van der Waals surface area contributed by atoms with E-state index in [9.17, 15) is 14.7 Å². The molecule has 1 saturated heterocycles. The first-order chi connectivity index (χ1) is 21.7. The van der Waals surface area contributed by atoms with Gasteiger partial charge in [-0.25, -0.2) is 4.79 Å². The van der Waals surface area contributed by atoms with Crippen molar-refractivity contribution in [2.75, 3.05) is 26.1 Å². The molecule has 1 aliphatic rings. The number of aryl methyl sites for hydroxylation is 1. The quantitative estimate of drug-likeness (QED) is 0.231. The van der Waals surface area contributed by atoms with Gasteiger partial charge >= 0.3 is 5.69 Å². The van der Waals surface area contributed by atoms with Crippen molar-refractivity contribution in [3.05, 3.63) is 118 Å². The Labute approximate surface area is 262 Å². The van der Waals surface area contributed by atoms with Crippen LogP contribution >= 0.6 is 0 Å². The van der Waals surface area contributed by atoms with Crippen molar-refractivity contribution in [1.29, 1.82) is 0 Å². The van der Waals surface area contributed by atoms with Crippen molar-refractivity contribution in [2.24, 2.45) is 5.92 Å². The molecule has 0 radical (unpaired) electrons. The molecular weight excluding hydrogens is 574 g/mol. The number of nitrogens with zero attached hydrogens (tertiary/aromatic N) is 2. The Hall–Kier alpha value is -4.51. The molecule has 1 aliphatic heterocycles. The van der Waals surface area contributed by atoms with Crippen LogP contribution in [0, 0.1) is 12.8 Å². The molecule has 236 valence electrons. The lowest BCUT2D eigenvalue weighted by Crippen LogP contribution is -2.38. The molecule has 2 heterocycles. The van der Waals surface area contributed by atoms with E-state index in [-0.39, 0.29) is 30.7 Å². The number of nitrogens with one attached hydrogen (secondary N) is 1. The molecule has 2 N–H and O–H groups in total. The maximum Gasteiger partial charge on any atom is 0.351 e. The molecule has 4 aromatic rings. The monoisotopic (exact) mass is 613 g/mol. The fourth-order valence-electron chi connectivity index (χ4n) is 5.48. The third-order valence-corrected chi connectivity index (χ3v) is 8.05. The number of benzene rings is 3. The number of hydrogen-bond donors (Lipinski definition) is 2. The summed E-state index contributed by atoms with van der Waals surface area (Å²) in [5, 5.41) is 13.8. The molecular formula is C35H39N3O7. The number of aliphatic hydroxyl groups is 1. The molecule has 3 atom stereocenters. The summed E-state index contributed by atoms with van der Waals surface area (Å²) in [6, 6.07) is 25.2. The zero-order chi connectivity index (χ0) is 32.1. The van der Waals surface area contributed by atoms with Crippen LogP contribution in [0.3, 0.4) is 0 Å². The van der Waals surface area contributed by atoms with Crippen LogP contribution in [-0.4, -0.2) is 53.6 Å². The first kappa shape index (κ1) is 31.9. The lowest BCUT2D eigenvalue weighted by atomic mass is 9.80. The Balaban J connectivity index is 1.47. The van der Waals surface area contributed by atoms with Crippen LogP contribution in [0.15, 0.2) is 89.9 Å². The number of anilines is 1. The van der Waals surface area contributed by atoms with Crippen molar-refractivity contribution >= 4 is 11.7 Å². The Bertz CT molecular complexity index is 1610. The smallest absolute Gasteiger partial charge is 0.351 e. The van der Waals surface area contributed by atoms with E-state index < -0.39 is 29.7 Å². The molecule has 3 aromatic carbocycles. The Morgan fingerprint density at radius 3 is 2.07 bits per heavy atom. The normalized spacial score (nSPS) is 18.2. The van der Waals surface area contributed by atoms with Gasteiger partial charge in [0.2, 0.25) is 5.91 Å². The maximum atomic E-state index is 13.0. The van der Waals surface area contributed by atoms with E-state index in [4.69, 9.17) is 18.9 Å². The van der Waals surface area contributed by atoms with Crippen molar-refractivity contribution in [3.8, 4) is 11.5 Å². The van der Waals surface area contributed by atoms with Gasteiger partial charge in [0, 0.05) is 24.1 Å². The van der Waals surface area contributed by atoms with E-state index in [2.05, 4.69) is 10.3 Å². The van der Waals surface area contributed by atoms with E-state index in [0.717, 1.165) is 16.7 Å². The van der Waals surface area contributed by atoms with E-state index >= 15 is 0 Å². The molecule has 1 fully saturated rings. The summed E-state index contributed by atoms with van der Waals surface area (Å²) < 4.78 is 25.3. The number of hydrogen-bond acceptors (Lipinski definition) is 8. The summed E-state index contributed by atoms with van der Waals surface area (Å²) in [6.07, 6.45) is -0.675. The minimum atomic E-state index is -1.09. The van der Waals surface area contributed by atoms with Crippen LogP contribution < -0.4 is 20.5 Å². The van der Waals surface area contributed by atoms with Gasteiger partial charge in [-0.3, -0.25) is 9.36 Å². The molecule has 0 bridgehead atoms. The fourth-order valence-corrected chi connectivity index (χ4v) is 5.48. The average molecular weight is 614 g/mol. The van der Waals surface area contributed by atoms with Crippen LogP contribution in [0.4, 0.5) is 5.82 Å². The zero-order valence-electron chi connectivity index (χ0n) is 26.1. The number of amides is 1. The van der Waals surface area contributed by atoms with Gasteiger partial charge in [-0.15, -0.1) is 0 Å². The van der Waals surface area contributed by atoms with Gasteiger partial charge in [0.1, 0.15) is 35.2 Å². The molecule has 0 aliphatic carbocycles. The maximum absolute atomic E-state index is 13.0. The molecule has 45 heavy (non-hydrogen) atoms. The summed E-state index contributed by atoms with van der Waals surface area (Å²) in [5.41, 5.74) is 1.49. The number of aromatic nitrogens is 2. The van der Waals surface area contributed by atoms with Crippen molar-refractivity contribution in [3.63, 3.8) is 0 Å². The standard InChI is InChI=1S/C35H39N3O7/c1-22(2)33(40)36-32-23(3)20-38(34(41)37-32)31-19-29(39)30(45-31)21-44-35(24-9-7-6-8-10-24,25-11-15-27(42-4)16-12-25)26-13-17-28(43-5)18-14-26/h6-18,20,22,29-31,39H,19,21H2,1-5H3,(H,36,37,40,41). The second-order valence-corrected chi connectivity index (χ2v) is 11.4. The highest BCUT2D eigenvalue weighted by atomic mass is 16.6. The molecule has 1 amide bonds. The van der Waals surface area contributed by atoms with E-state index in [0.29, 0.717) is 17.1 Å². The summed E-state index contributed by atoms with van der Waals surface area (Å²) in [7, 11) is 3.23. The molecule has 0 saturated carbocycles. The van der Waals surface area contributed by atoms with Gasteiger partial charge in [0.05, 0.1) is 26.9 Å². The molecule has 5 rings (SSSR count). The van der Waals surface area contributed by atoms with Gasteiger partial charge < -0.3 is 29.4 Å². The first-order valence-electron chi connectivity index (χ1n) is 14.9. The predicted molar refractivity (Wildman–Crippen MR) is 169 cm³/mol. The van der Waals surface area contributed by atoms with E-state index in [1.54, 1.807) is 41.2 Å². The molecule has 10 nitrogen and oxygen atoms in total. The molecule has 10 heteroatoms. The van der Waals surface area contributed by atoms with Gasteiger partial charge in [-0.2, -0.15) is 4.98 Å². The van der Waals surface area contributed by atoms with E-state index in [1.165, 1.54) is 4.57 Å². The Morgan fingerprint density at radius 2 is 1.53 bits per heavy atom. The second kappa shape index (κ2) is 13.6. The number of carbonyl (C=O) groups is 1. The number of ether oxygens (including phenoxy) is 4. The van der Waals surface area contributed by atoms with Crippen LogP contribution in [0.1, 0.15) is 48.8 Å². The summed E-state index contributed by atoms with van der Waals surface area (Å²) in [6.45, 7) is 5.28. The van der Waals surface area contributed by atoms with Crippen molar-refractivity contribution in [1.82, 2.24) is 9.55 Å². The number of methoxy groups -OCH3 is 2.